The molecule has 0 aliphatic carbocycles. The summed E-state index contributed by atoms with van der Waals surface area (Å²) >= 11 is 0. The number of ketones is 1. The van der Waals surface area contributed by atoms with Gasteiger partial charge < -0.3 is 4.74 Å². The van der Waals surface area contributed by atoms with E-state index in [0.29, 0.717) is 5.56 Å². The molecule has 2 atom stereocenters. The van der Waals surface area contributed by atoms with Crippen LogP contribution in [0.2, 0.25) is 0 Å². The molecule has 23 heavy (non-hydrogen) atoms. The van der Waals surface area contributed by atoms with Crippen molar-refractivity contribution in [1.29, 1.82) is 0 Å². The van der Waals surface area contributed by atoms with E-state index in [4.69, 9.17) is 18.3 Å². The summed E-state index contributed by atoms with van der Waals surface area (Å²) in [5.74, 6) is -2.51. The van der Waals surface area contributed by atoms with Gasteiger partial charge in [-0.1, -0.05) is 30.3 Å². The maximum Gasteiger partial charge on any atom is 0.474 e. The van der Waals surface area contributed by atoms with Crippen LogP contribution >= 0.6 is 7.82 Å². The van der Waals surface area contributed by atoms with Crippen molar-refractivity contribution in [3.63, 3.8) is 0 Å². The summed E-state index contributed by atoms with van der Waals surface area (Å²) in [7, 11) is -1.61. The van der Waals surface area contributed by atoms with Crippen LogP contribution in [-0.2, 0) is 32.5 Å². The highest BCUT2D eigenvalue weighted by atomic mass is 31.2. The van der Waals surface area contributed by atoms with Gasteiger partial charge in [-0.2, -0.15) is 0 Å². The van der Waals surface area contributed by atoms with Crippen molar-refractivity contribution in [2.24, 2.45) is 5.92 Å². The van der Waals surface area contributed by atoms with Gasteiger partial charge in [0, 0.05) is 14.2 Å². The van der Waals surface area contributed by atoms with Gasteiger partial charge in [-0.3, -0.25) is 23.2 Å². The first-order valence-corrected chi connectivity index (χ1v) is 8.46. The summed E-state index contributed by atoms with van der Waals surface area (Å²) in [6.45, 7) is 2.98. The van der Waals surface area contributed by atoms with E-state index in [0.717, 1.165) is 14.2 Å². The van der Waals surface area contributed by atoms with Gasteiger partial charge in [-0.05, 0) is 19.4 Å². The number of carbonyl (C=O) groups excluding carboxylic acids is 2. The van der Waals surface area contributed by atoms with Crippen molar-refractivity contribution in [1.82, 2.24) is 0 Å². The zero-order valence-electron chi connectivity index (χ0n) is 13.6. The Morgan fingerprint density at radius 1 is 1.13 bits per heavy atom. The molecule has 2 unspecified atom stereocenters. The molecule has 0 aliphatic rings. The minimum absolute atomic E-state index is 0.107. The molecule has 0 spiro atoms. The highest BCUT2D eigenvalue weighted by Crippen LogP contribution is 2.53. The Hall–Kier alpha value is -1.53. The van der Waals surface area contributed by atoms with Crippen LogP contribution in [-0.4, -0.2) is 32.6 Å². The lowest BCUT2D eigenvalue weighted by molar-refractivity contribution is -0.155. The number of hydrogen-bond acceptors (Lipinski definition) is 7. The van der Waals surface area contributed by atoms with E-state index in [1.807, 2.05) is 0 Å². The van der Waals surface area contributed by atoms with Gasteiger partial charge in [0.25, 0.3) is 0 Å². The van der Waals surface area contributed by atoms with Crippen LogP contribution < -0.4 is 0 Å². The molecule has 0 amide bonds. The summed E-state index contributed by atoms with van der Waals surface area (Å²) in [4.78, 5) is 24.2. The minimum atomic E-state index is -3.91. The standard InChI is InChI=1S/C15H21O7P/c1-5-21-15(17)13(11(2)16)14(12-9-7-6-8-10-12)22-23(18,19-3)20-4/h6-10,13-14H,5H2,1-4H3. The average molecular weight is 344 g/mol. The average Bonchev–Trinajstić information content (AvgIpc) is 2.54. The molecule has 0 aliphatic heterocycles. The van der Waals surface area contributed by atoms with Gasteiger partial charge in [0.2, 0.25) is 0 Å². The van der Waals surface area contributed by atoms with E-state index in [2.05, 4.69) is 0 Å². The van der Waals surface area contributed by atoms with Crippen LogP contribution in [0.4, 0.5) is 0 Å². The zero-order chi connectivity index (χ0) is 17.5. The molecule has 0 heterocycles. The van der Waals surface area contributed by atoms with Gasteiger partial charge in [-0.25, -0.2) is 4.57 Å². The van der Waals surface area contributed by atoms with Gasteiger partial charge in [0.05, 0.1) is 6.61 Å². The number of phosphoric acid groups is 1. The highest BCUT2D eigenvalue weighted by Gasteiger charge is 2.41. The lowest BCUT2D eigenvalue weighted by Crippen LogP contribution is -2.31. The Balaban J connectivity index is 3.29. The summed E-state index contributed by atoms with van der Waals surface area (Å²) in [6, 6.07) is 8.47. The van der Waals surface area contributed by atoms with Crippen LogP contribution in [0.5, 0.6) is 0 Å². The number of carbonyl (C=O) groups is 2. The Morgan fingerprint density at radius 2 is 1.70 bits per heavy atom. The smallest absolute Gasteiger partial charge is 0.465 e. The number of hydrogen-bond donors (Lipinski definition) is 0. The second-order valence-electron chi connectivity index (χ2n) is 4.59. The molecule has 0 saturated heterocycles. The maximum atomic E-state index is 12.3. The van der Waals surface area contributed by atoms with Crippen molar-refractivity contribution in [2.45, 2.75) is 20.0 Å². The third-order valence-electron chi connectivity index (χ3n) is 3.10. The number of phosphoric ester groups is 1. The molecular formula is C15H21O7P. The predicted molar refractivity (Wildman–Crippen MR) is 82.7 cm³/mol. The Kier molecular flexibility index (Phi) is 7.58. The summed E-state index contributed by atoms with van der Waals surface area (Å²) < 4.78 is 32.2. The second kappa shape index (κ2) is 8.93. The fourth-order valence-corrected chi connectivity index (χ4v) is 2.83. The fourth-order valence-electron chi connectivity index (χ4n) is 1.99. The monoisotopic (exact) mass is 344 g/mol. The second-order valence-corrected chi connectivity index (χ2v) is 6.42. The number of esters is 1. The van der Waals surface area contributed by atoms with Gasteiger partial charge in [0.1, 0.15) is 17.8 Å². The first-order valence-electron chi connectivity index (χ1n) is 7.00. The maximum absolute atomic E-state index is 12.3. The van der Waals surface area contributed by atoms with Gasteiger partial charge in [0.15, 0.2) is 0 Å². The molecule has 1 aromatic carbocycles. The Labute approximate surface area is 135 Å². The molecule has 7 nitrogen and oxygen atoms in total. The molecular weight excluding hydrogens is 323 g/mol. The lowest BCUT2D eigenvalue weighted by Gasteiger charge is -2.26. The molecule has 1 rings (SSSR count). The molecule has 0 radical (unpaired) electrons. The van der Waals surface area contributed by atoms with E-state index < -0.39 is 31.6 Å². The molecule has 0 N–H and O–H groups in total. The van der Waals surface area contributed by atoms with Crippen LogP contribution in [0.3, 0.4) is 0 Å². The number of benzene rings is 1. The van der Waals surface area contributed by atoms with Crippen LogP contribution in [0.25, 0.3) is 0 Å². The Bertz CT molecular complexity index is 564. The third-order valence-corrected chi connectivity index (χ3v) is 4.48. The third kappa shape index (κ3) is 5.25. The van der Waals surface area contributed by atoms with Crippen molar-refractivity contribution in [3.05, 3.63) is 35.9 Å². The van der Waals surface area contributed by atoms with E-state index in [1.165, 1.54) is 6.92 Å². The molecule has 0 aromatic heterocycles. The quantitative estimate of drug-likeness (QED) is 0.386. The molecule has 1 aromatic rings. The Morgan fingerprint density at radius 3 is 2.13 bits per heavy atom. The van der Waals surface area contributed by atoms with Crippen LogP contribution in [0.1, 0.15) is 25.5 Å². The highest BCUT2D eigenvalue weighted by molar-refractivity contribution is 7.48. The fraction of sp³-hybridized carbons (Fsp3) is 0.467. The summed E-state index contributed by atoms with van der Waals surface area (Å²) in [5.41, 5.74) is 0.482. The predicted octanol–water partition coefficient (Wildman–Crippen LogP) is 2.91. The van der Waals surface area contributed by atoms with Gasteiger partial charge in [-0.15, -0.1) is 0 Å². The van der Waals surface area contributed by atoms with Crippen molar-refractivity contribution in [3.8, 4) is 0 Å². The molecule has 8 heteroatoms. The lowest BCUT2D eigenvalue weighted by atomic mass is 9.92. The topological polar surface area (TPSA) is 88.1 Å². The van der Waals surface area contributed by atoms with Crippen molar-refractivity contribution < 1.29 is 32.5 Å². The van der Waals surface area contributed by atoms with Crippen molar-refractivity contribution in [2.75, 3.05) is 20.8 Å². The zero-order valence-corrected chi connectivity index (χ0v) is 14.4. The van der Waals surface area contributed by atoms with Gasteiger partial charge >= 0.3 is 13.8 Å². The van der Waals surface area contributed by atoms with E-state index in [-0.39, 0.29) is 6.61 Å². The van der Waals surface area contributed by atoms with Crippen LogP contribution in [0.15, 0.2) is 30.3 Å². The number of ether oxygens (including phenoxy) is 1. The normalized spacial score (nSPS) is 14.1. The van der Waals surface area contributed by atoms with E-state index in [9.17, 15) is 14.2 Å². The molecule has 128 valence electrons. The van der Waals surface area contributed by atoms with Crippen molar-refractivity contribution >= 4 is 19.6 Å². The molecule has 0 bridgehead atoms. The summed E-state index contributed by atoms with van der Waals surface area (Å²) in [5, 5.41) is 0. The van der Waals surface area contributed by atoms with E-state index in [1.54, 1.807) is 37.3 Å². The van der Waals surface area contributed by atoms with Crippen LogP contribution in [0, 0.1) is 5.92 Å². The van der Waals surface area contributed by atoms with E-state index >= 15 is 0 Å². The summed E-state index contributed by atoms with van der Waals surface area (Å²) in [6.07, 6.45) is -1.15. The first kappa shape index (κ1) is 19.5. The minimum Gasteiger partial charge on any atom is -0.465 e. The SMILES string of the molecule is CCOC(=O)C(C(C)=O)C(OP(=O)(OC)OC)c1ccccc1. The first-order chi connectivity index (χ1) is 10.9. The number of rotatable bonds is 9. The molecule has 0 saturated carbocycles. The molecule has 0 fully saturated rings. The largest absolute Gasteiger partial charge is 0.474 e. The number of Topliss-reactive ketones (excluding diaryl/α,β-unsaturated/α-hetero) is 1.